The first-order valence-electron chi connectivity index (χ1n) is 5.55. The zero-order valence-electron chi connectivity index (χ0n) is 10.5. The molecule has 2 rings (SSSR count). The standard InChI is InChI=1S/C14H14BrNO2/c1-9-4-7-13(16(2)14(9)17)11-6-5-10(18-3)8-12(11)15/h4-8H,1-3H3. The van der Waals surface area contributed by atoms with Gasteiger partial charge in [0.15, 0.2) is 0 Å². The third kappa shape index (κ3) is 2.20. The first kappa shape index (κ1) is 12.9. The Morgan fingerprint density at radius 1 is 1.22 bits per heavy atom. The Hall–Kier alpha value is -1.55. The monoisotopic (exact) mass is 307 g/mol. The highest BCUT2D eigenvalue weighted by Crippen LogP contribution is 2.30. The highest BCUT2D eigenvalue weighted by Gasteiger charge is 2.09. The summed E-state index contributed by atoms with van der Waals surface area (Å²) in [5.41, 5.74) is 2.61. The molecule has 0 aliphatic carbocycles. The molecule has 0 aliphatic rings. The summed E-state index contributed by atoms with van der Waals surface area (Å²) >= 11 is 3.51. The fourth-order valence-electron chi connectivity index (χ4n) is 1.86. The molecule has 1 aromatic heterocycles. The van der Waals surface area contributed by atoms with Gasteiger partial charge in [-0.2, -0.15) is 0 Å². The van der Waals surface area contributed by atoms with E-state index in [1.165, 1.54) is 0 Å². The Balaban J connectivity index is 2.63. The quantitative estimate of drug-likeness (QED) is 0.853. The number of benzene rings is 1. The van der Waals surface area contributed by atoms with E-state index in [9.17, 15) is 4.79 Å². The second-order valence-electron chi connectivity index (χ2n) is 4.11. The molecular formula is C14H14BrNO2. The molecule has 0 bridgehead atoms. The van der Waals surface area contributed by atoms with E-state index in [2.05, 4.69) is 15.9 Å². The van der Waals surface area contributed by atoms with Crippen molar-refractivity contribution in [3.8, 4) is 17.0 Å². The number of nitrogens with zero attached hydrogens (tertiary/aromatic N) is 1. The number of rotatable bonds is 2. The highest BCUT2D eigenvalue weighted by molar-refractivity contribution is 9.10. The van der Waals surface area contributed by atoms with E-state index in [0.29, 0.717) is 0 Å². The predicted octanol–water partition coefficient (Wildman–Crippen LogP) is 3.13. The van der Waals surface area contributed by atoms with Gasteiger partial charge in [-0.1, -0.05) is 6.07 Å². The van der Waals surface area contributed by atoms with Crippen LogP contribution < -0.4 is 10.3 Å². The summed E-state index contributed by atoms with van der Waals surface area (Å²) in [5, 5.41) is 0. The fraction of sp³-hybridized carbons (Fsp3) is 0.214. The molecular weight excluding hydrogens is 294 g/mol. The van der Waals surface area contributed by atoms with E-state index in [0.717, 1.165) is 27.0 Å². The highest BCUT2D eigenvalue weighted by atomic mass is 79.9. The average Bonchev–Trinajstić information content (AvgIpc) is 2.37. The zero-order valence-corrected chi connectivity index (χ0v) is 12.1. The van der Waals surface area contributed by atoms with Crippen LogP contribution in [0.3, 0.4) is 0 Å². The molecule has 18 heavy (non-hydrogen) atoms. The molecule has 1 heterocycles. The van der Waals surface area contributed by atoms with Crippen LogP contribution in [-0.4, -0.2) is 11.7 Å². The minimum Gasteiger partial charge on any atom is -0.497 e. The van der Waals surface area contributed by atoms with Gasteiger partial charge in [0, 0.05) is 22.6 Å². The molecule has 0 spiro atoms. The molecule has 1 aromatic carbocycles. The molecule has 0 amide bonds. The molecule has 0 fully saturated rings. The van der Waals surface area contributed by atoms with Gasteiger partial charge in [-0.15, -0.1) is 0 Å². The van der Waals surface area contributed by atoms with Crippen LogP contribution in [0.2, 0.25) is 0 Å². The number of aryl methyl sites for hydroxylation is 1. The summed E-state index contributed by atoms with van der Waals surface area (Å²) in [6.07, 6.45) is 0. The number of hydrogen-bond acceptors (Lipinski definition) is 2. The zero-order chi connectivity index (χ0) is 13.3. The fourth-order valence-corrected chi connectivity index (χ4v) is 2.42. The van der Waals surface area contributed by atoms with Crippen molar-refractivity contribution in [2.75, 3.05) is 7.11 Å². The normalized spacial score (nSPS) is 10.4. The van der Waals surface area contributed by atoms with Crippen LogP contribution in [-0.2, 0) is 7.05 Å². The molecule has 4 heteroatoms. The lowest BCUT2D eigenvalue weighted by molar-refractivity contribution is 0.414. The summed E-state index contributed by atoms with van der Waals surface area (Å²) in [5.74, 6) is 0.780. The molecule has 94 valence electrons. The van der Waals surface area contributed by atoms with Crippen molar-refractivity contribution in [3.63, 3.8) is 0 Å². The Morgan fingerprint density at radius 3 is 2.56 bits per heavy atom. The maximum Gasteiger partial charge on any atom is 0.253 e. The number of ether oxygens (including phenoxy) is 1. The van der Waals surface area contributed by atoms with Gasteiger partial charge in [-0.3, -0.25) is 4.79 Å². The largest absolute Gasteiger partial charge is 0.497 e. The van der Waals surface area contributed by atoms with E-state index in [1.807, 2.05) is 37.3 Å². The average molecular weight is 308 g/mol. The molecule has 0 N–H and O–H groups in total. The van der Waals surface area contributed by atoms with Crippen molar-refractivity contribution in [1.82, 2.24) is 4.57 Å². The van der Waals surface area contributed by atoms with E-state index < -0.39 is 0 Å². The van der Waals surface area contributed by atoms with Gasteiger partial charge in [-0.05, 0) is 47.1 Å². The number of methoxy groups -OCH3 is 1. The summed E-state index contributed by atoms with van der Waals surface area (Å²) in [6.45, 7) is 1.81. The number of halogens is 1. The van der Waals surface area contributed by atoms with Crippen LogP contribution in [0.1, 0.15) is 5.56 Å². The van der Waals surface area contributed by atoms with Crippen LogP contribution in [0.15, 0.2) is 39.6 Å². The maximum atomic E-state index is 11.9. The van der Waals surface area contributed by atoms with Gasteiger partial charge >= 0.3 is 0 Å². The minimum atomic E-state index is 0.0234. The van der Waals surface area contributed by atoms with Crippen LogP contribution >= 0.6 is 15.9 Å². The minimum absolute atomic E-state index is 0.0234. The van der Waals surface area contributed by atoms with Crippen molar-refractivity contribution < 1.29 is 4.74 Å². The van der Waals surface area contributed by atoms with E-state index in [4.69, 9.17) is 4.74 Å². The Labute approximate surface area is 114 Å². The van der Waals surface area contributed by atoms with Crippen molar-refractivity contribution in [3.05, 3.63) is 50.7 Å². The van der Waals surface area contributed by atoms with E-state index in [-0.39, 0.29) is 5.56 Å². The summed E-state index contributed by atoms with van der Waals surface area (Å²) in [6, 6.07) is 9.49. The Bertz CT molecular complexity index is 647. The van der Waals surface area contributed by atoms with Crippen LogP contribution in [0.4, 0.5) is 0 Å². The first-order chi connectivity index (χ1) is 8.54. The van der Waals surface area contributed by atoms with E-state index in [1.54, 1.807) is 18.7 Å². The van der Waals surface area contributed by atoms with Crippen molar-refractivity contribution in [2.24, 2.45) is 7.05 Å². The van der Waals surface area contributed by atoms with Crippen molar-refractivity contribution in [2.45, 2.75) is 6.92 Å². The second kappa shape index (κ2) is 4.98. The SMILES string of the molecule is COc1ccc(-c2ccc(C)c(=O)n2C)c(Br)c1. The number of hydrogen-bond donors (Lipinski definition) is 0. The van der Waals surface area contributed by atoms with Gasteiger partial charge in [-0.25, -0.2) is 0 Å². The number of pyridine rings is 1. The molecule has 0 saturated heterocycles. The Morgan fingerprint density at radius 2 is 1.94 bits per heavy atom. The Kier molecular flexibility index (Phi) is 3.57. The van der Waals surface area contributed by atoms with Crippen molar-refractivity contribution in [1.29, 1.82) is 0 Å². The molecule has 2 aromatic rings. The molecule has 3 nitrogen and oxygen atoms in total. The summed E-state index contributed by atoms with van der Waals surface area (Å²) in [4.78, 5) is 11.9. The topological polar surface area (TPSA) is 31.2 Å². The summed E-state index contributed by atoms with van der Waals surface area (Å²) < 4.78 is 7.72. The van der Waals surface area contributed by atoms with Crippen molar-refractivity contribution >= 4 is 15.9 Å². The third-order valence-electron chi connectivity index (χ3n) is 2.95. The molecule has 0 atom stereocenters. The second-order valence-corrected chi connectivity index (χ2v) is 4.97. The molecule has 0 unspecified atom stereocenters. The van der Waals surface area contributed by atoms with Crippen LogP contribution in [0.25, 0.3) is 11.3 Å². The van der Waals surface area contributed by atoms with Gasteiger partial charge in [0.1, 0.15) is 5.75 Å². The molecule has 0 radical (unpaired) electrons. The van der Waals surface area contributed by atoms with Gasteiger partial charge in [0.25, 0.3) is 5.56 Å². The van der Waals surface area contributed by atoms with Crippen LogP contribution in [0, 0.1) is 6.92 Å². The van der Waals surface area contributed by atoms with Gasteiger partial charge in [0.05, 0.1) is 12.8 Å². The third-order valence-corrected chi connectivity index (χ3v) is 3.60. The van der Waals surface area contributed by atoms with E-state index >= 15 is 0 Å². The smallest absolute Gasteiger partial charge is 0.253 e. The lowest BCUT2D eigenvalue weighted by Crippen LogP contribution is -2.20. The van der Waals surface area contributed by atoms with Gasteiger partial charge < -0.3 is 9.30 Å². The predicted molar refractivity (Wildman–Crippen MR) is 76.1 cm³/mol. The van der Waals surface area contributed by atoms with Gasteiger partial charge in [0.2, 0.25) is 0 Å². The maximum absolute atomic E-state index is 11.9. The molecule has 0 aliphatic heterocycles. The molecule has 0 saturated carbocycles. The lowest BCUT2D eigenvalue weighted by atomic mass is 10.1. The first-order valence-corrected chi connectivity index (χ1v) is 6.34. The summed E-state index contributed by atoms with van der Waals surface area (Å²) in [7, 11) is 3.41. The lowest BCUT2D eigenvalue weighted by Gasteiger charge is -2.11. The number of aromatic nitrogens is 1. The van der Waals surface area contributed by atoms with Crippen LogP contribution in [0.5, 0.6) is 5.75 Å².